The minimum atomic E-state index is -3.39. The van der Waals surface area contributed by atoms with Gasteiger partial charge < -0.3 is 0 Å². The molecule has 1 aliphatic heterocycles. The lowest BCUT2D eigenvalue weighted by atomic mass is 9.97. The largest absolute Gasteiger partial charge is 0.299 e. The van der Waals surface area contributed by atoms with Crippen molar-refractivity contribution in [1.82, 2.24) is 14.6 Å². The Bertz CT molecular complexity index is 727. The Hall–Kier alpha value is -1.76. The smallest absolute Gasteiger partial charge is 0.240 e. The third-order valence-corrected chi connectivity index (χ3v) is 5.92. The van der Waals surface area contributed by atoms with E-state index in [4.69, 9.17) is 0 Å². The van der Waals surface area contributed by atoms with Gasteiger partial charge in [0, 0.05) is 25.5 Å². The molecule has 0 bridgehead atoms. The molecule has 1 aromatic carbocycles. The highest BCUT2D eigenvalue weighted by Gasteiger charge is 2.21. The van der Waals surface area contributed by atoms with Crippen LogP contribution >= 0.6 is 0 Å². The van der Waals surface area contributed by atoms with Gasteiger partial charge in [0.2, 0.25) is 10.0 Å². The predicted octanol–water partition coefficient (Wildman–Crippen LogP) is 2.27. The van der Waals surface area contributed by atoms with Gasteiger partial charge in [0.15, 0.2) is 0 Å². The van der Waals surface area contributed by atoms with E-state index in [1.165, 1.54) is 5.56 Å². The van der Waals surface area contributed by atoms with Crippen molar-refractivity contribution >= 4 is 10.0 Å². The molecule has 1 aromatic heterocycles. The van der Waals surface area contributed by atoms with Crippen LogP contribution in [-0.2, 0) is 16.6 Å². The number of hydrogen-bond donors (Lipinski definition) is 1. The lowest BCUT2D eigenvalue weighted by molar-refractivity contribution is 0.178. The molecule has 0 atom stereocenters. The van der Waals surface area contributed by atoms with Gasteiger partial charge in [0.25, 0.3) is 0 Å². The first-order valence-electron chi connectivity index (χ1n) is 8.29. The zero-order valence-corrected chi connectivity index (χ0v) is 14.5. The van der Waals surface area contributed by atoms with Crippen LogP contribution in [0.1, 0.15) is 18.4 Å². The van der Waals surface area contributed by atoms with Crippen LogP contribution in [0.3, 0.4) is 0 Å². The molecule has 5 nitrogen and oxygen atoms in total. The highest BCUT2D eigenvalue weighted by molar-refractivity contribution is 7.89. The van der Waals surface area contributed by atoms with Crippen molar-refractivity contribution in [2.24, 2.45) is 5.92 Å². The number of nitrogens with one attached hydrogen (secondary N) is 1. The summed E-state index contributed by atoms with van der Waals surface area (Å²) in [5, 5.41) is 0. The third-order valence-electron chi connectivity index (χ3n) is 4.48. The molecule has 2 aromatic rings. The molecule has 2 heterocycles. The molecule has 6 heteroatoms. The Kier molecular flexibility index (Phi) is 5.60. The van der Waals surface area contributed by atoms with Crippen molar-refractivity contribution in [1.29, 1.82) is 0 Å². The lowest BCUT2D eigenvalue weighted by Crippen LogP contribution is -2.38. The van der Waals surface area contributed by atoms with Gasteiger partial charge in [0.1, 0.15) is 0 Å². The first-order valence-corrected chi connectivity index (χ1v) is 9.78. The van der Waals surface area contributed by atoms with E-state index in [0.29, 0.717) is 17.4 Å². The Morgan fingerprint density at radius 3 is 2.38 bits per heavy atom. The van der Waals surface area contributed by atoms with Crippen LogP contribution < -0.4 is 4.72 Å². The lowest BCUT2D eigenvalue weighted by Gasteiger charge is -2.32. The average Bonchev–Trinajstić information content (AvgIpc) is 2.63. The topological polar surface area (TPSA) is 62.3 Å². The standard InChI is InChI=1S/C18H23N3O2S/c22-24(23,18-4-2-1-3-5-18)20-14-16-8-12-21(13-9-16)15-17-6-10-19-11-7-17/h1-7,10-11,16,20H,8-9,12-15H2. The Balaban J connectivity index is 1.46. The number of rotatable bonds is 6. The van der Waals surface area contributed by atoms with Crippen LogP contribution in [-0.4, -0.2) is 37.9 Å². The van der Waals surface area contributed by atoms with Crippen LogP contribution in [0, 0.1) is 5.92 Å². The summed E-state index contributed by atoms with van der Waals surface area (Å²) < 4.78 is 27.3. The number of sulfonamides is 1. The van der Waals surface area contributed by atoms with Crippen molar-refractivity contribution < 1.29 is 8.42 Å². The Labute approximate surface area is 143 Å². The van der Waals surface area contributed by atoms with Crippen LogP contribution in [0.15, 0.2) is 59.8 Å². The molecule has 24 heavy (non-hydrogen) atoms. The summed E-state index contributed by atoms with van der Waals surface area (Å²) in [6.07, 6.45) is 5.67. The summed E-state index contributed by atoms with van der Waals surface area (Å²) in [6.45, 7) is 3.45. The summed E-state index contributed by atoms with van der Waals surface area (Å²) >= 11 is 0. The minimum absolute atomic E-state index is 0.333. The zero-order chi connectivity index (χ0) is 16.8. The second-order valence-electron chi connectivity index (χ2n) is 6.24. The quantitative estimate of drug-likeness (QED) is 0.872. The average molecular weight is 345 g/mol. The molecule has 1 N–H and O–H groups in total. The molecular formula is C18H23N3O2S. The van der Waals surface area contributed by atoms with Gasteiger partial charge >= 0.3 is 0 Å². The van der Waals surface area contributed by atoms with E-state index in [-0.39, 0.29) is 0 Å². The normalized spacial score (nSPS) is 17.0. The van der Waals surface area contributed by atoms with E-state index in [2.05, 4.69) is 14.6 Å². The molecule has 0 radical (unpaired) electrons. The summed E-state index contributed by atoms with van der Waals surface area (Å²) in [5.41, 5.74) is 1.27. The number of pyridine rings is 1. The fourth-order valence-electron chi connectivity index (χ4n) is 3.01. The van der Waals surface area contributed by atoms with Gasteiger partial charge in [-0.15, -0.1) is 0 Å². The van der Waals surface area contributed by atoms with Crippen molar-refractivity contribution in [2.75, 3.05) is 19.6 Å². The maximum absolute atomic E-state index is 12.3. The number of likely N-dealkylation sites (tertiary alicyclic amines) is 1. The molecule has 0 amide bonds. The zero-order valence-electron chi connectivity index (χ0n) is 13.6. The highest BCUT2D eigenvalue weighted by atomic mass is 32.2. The van der Waals surface area contributed by atoms with E-state index >= 15 is 0 Å². The van der Waals surface area contributed by atoms with Crippen LogP contribution in [0.5, 0.6) is 0 Å². The molecule has 0 saturated carbocycles. The van der Waals surface area contributed by atoms with Crippen molar-refractivity contribution in [2.45, 2.75) is 24.3 Å². The predicted molar refractivity (Wildman–Crippen MR) is 93.9 cm³/mol. The summed E-state index contributed by atoms with van der Waals surface area (Å²) in [4.78, 5) is 6.79. The second kappa shape index (κ2) is 7.88. The molecule has 3 rings (SSSR count). The summed E-state index contributed by atoms with van der Waals surface area (Å²) in [6, 6.07) is 12.6. The first-order chi connectivity index (χ1) is 11.6. The summed E-state index contributed by atoms with van der Waals surface area (Å²) in [7, 11) is -3.39. The van der Waals surface area contributed by atoms with E-state index in [0.717, 1.165) is 32.5 Å². The third kappa shape index (κ3) is 4.63. The molecule has 1 aliphatic rings. The van der Waals surface area contributed by atoms with Gasteiger partial charge in [0.05, 0.1) is 4.90 Å². The number of hydrogen-bond acceptors (Lipinski definition) is 4. The van der Waals surface area contributed by atoms with Crippen LogP contribution in [0.2, 0.25) is 0 Å². The minimum Gasteiger partial charge on any atom is -0.299 e. The number of benzene rings is 1. The highest BCUT2D eigenvalue weighted by Crippen LogP contribution is 2.19. The molecule has 0 aliphatic carbocycles. The maximum Gasteiger partial charge on any atom is 0.240 e. The molecule has 1 fully saturated rings. The SMILES string of the molecule is O=S(=O)(NCC1CCN(Cc2ccncc2)CC1)c1ccccc1. The van der Waals surface area contributed by atoms with Gasteiger partial charge in [-0.1, -0.05) is 18.2 Å². The molecule has 1 saturated heterocycles. The van der Waals surface area contributed by atoms with Crippen LogP contribution in [0.4, 0.5) is 0 Å². The van der Waals surface area contributed by atoms with Gasteiger partial charge in [-0.05, 0) is 61.7 Å². The molecule has 0 unspecified atom stereocenters. The Morgan fingerprint density at radius 1 is 1.04 bits per heavy atom. The fourth-order valence-corrected chi connectivity index (χ4v) is 4.14. The van der Waals surface area contributed by atoms with Crippen molar-refractivity contribution in [3.05, 3.63) is 60.4 Å². The monoisotopic (exact) mass is 345 g/mol. The van der Waals surface area contributed by atoms with E-state index < -0.39 is 10.0 Å². The first kappa shape index (κ1) is 17.1. The Morgan fingerprint density at radius 2 is 1.71 bits per heavy atom. The van der Waals surface area contributed by atoms with E-state index in [9.17, 15) is 8.42 Å². The fraction of sp³-hybridized carbons (Fsp3) is 0.389. The van der Waals surface area contributed by atoms with Gasteiger partial charge in [-0.3, -0.25) is 9.88 Å². The van der Waals surface area contributed by atoms with Gasteiger partial charge in [-0.25, -0.2) is 13.1 Å². The maximum atomic E-state index is 12.3. The number of aromatic nitrogens is 1. The van der Waals surface area contributed by atoms with Crippen LogP contribution in [0.25, 0.3) is 0 Å². The number of nitrogens with zero attached hydrogens (tertiary/aromatic N) is 2. The molecule has 0 spiro atoms. The summed E-state index contributed by atoms with van der Waals surface area (Å²) in [5.74, 6) is 0.400. The van der Waals surface area contributed by atoms with Gasteiger partial charge in [-0.2, -0.15) is 0 Å². The second-order valence-corrected chi connectivity index (χ2v) is 8.01. The molecule has 128 valence electrons. The van der Waals surface area contributed by atoms with Crippen molar-refractivity contribution in [3.8, 4) is 0 Å². The number of piperidine rings is 1. The van der Waals surface area contributed by atoms with E-state index in [1.807, 2.05) is 30.6 Å². The van der Waals surface area contributed by atoms with E-state index in [1.54, 1.807) is 24.3 Å². The molecular weight excluding hydrogens is 322 g/mol. The van der Waals surface area contributed by atoms with Crippen molar-refractivity contribution in [3.63, 3.8) is 0 Å².